The van der Waals surface area contributed by atoms with Gasteiger partial charge in [-0.15, -0.1) is 11.3 Å². The molecule has 4 atom stereocenters. The van der Waals surface area contributed by atoms with E-state index in [4.69, 9.17) is 4.74 Å². The van der Waals surface area contributed by atoms with Crippen molar-refractivity contribution in [1.82, 2.24) is 0 Å². The number of rotatable bonds is 4. The SMILES string of the molecule is COC(=O)c1c(NC(=O)[C@@H]2[C@@H](C(=O)O)[C@H]3C=C[C@H]2CC3)sc2c1CCCC2. The number of carbonyl (C=O) groups is 3. The first-order valence-corrected chi connectivity index (χ1v) is 10.3. The van der Waals surface area contributed by atoms with Gasteiger partial charge in [-0.1, -0.05) is 12.2 Å². The predicted molar refractivity (Wildman–Crippen MR) is 101 cm³/mol. The van der Waals surface area contributed by atoms with E-state index in [9.17, 15) is 19.5 Å². The number of anilines is 1. The number of allylic oxidation sites excluding steroid dienone is 2. The van der Waals surface area contributed by atoms with Crippen molar-refractivity contribution in [1.29, 1.82) is 0 Å². The summed E-state index contributed by atoms with van der Waals surface area (Å²) in [7, 11) is 1.34. The Morgan fingerprint density at radius 2 is 1.78 bits per heavy atom. The maximum Gasteiger partial charge on any atom is 0.341 e. The lowest BCUT2D eigenvalue weighted by molar-refractivity contribution is -0.151. The Morgan fingerprint density at radius 1 is 1.11 bits per heavy atom. The molecule has 1 aromatic heterocycles. The Morgan fingerprint density at radius 3 is 2.41 bits per heavy atom. The van der Waals surface area contributed by atoms with E-state index in [2.05, 4.69) is 5.32 Å². The van der Waals surface area contributed by atoms with E-state index in [1.807, 2.05) is 12.2 Å². The second-order valence-corrected chi connectivity index (χ2v) is 8.68. The molecule has 0 aromatic carbocycles. The van der Waals surface area contributed by atoms with Gasteiger partial charge in [0.05, 0.1) is 24.5 Å². The van der Waals surface area contributed by atoms with Crippen LogP contribution in [0.4, 0.5) is 5.00 Å². The normalized spacial score (nSPS) is 28.5. The van der Waals surface area contributed by atoms with Crippen LogP contribution >= 0.6 is 11.3 Å². The topological polar surface area (TPSA) is 92.7 Å². The smallest absolute Gasteiger partial charge is 0.341 e. The zero-order chi connectivity index (χ0) is 19.1. The number of nitrogens with one attached hydrogen (secondary N) is 1. The number of carboxylic acids is 1. The number of esters is 1. The number of hydrogen-bond donors (Lipinski definition) is 2. The van der Waals surface area contributed by atoms with Gasteiger partial charge < -0.3 is 15.2 Å². The van der Waals surface area contributed by atoms with Crippen LogP contribution in [0.5, 0.6) is 0 Å². The average Bonchev–Trinajstić information content (AvgIpc) is 3.05. The summed E-state index contributed by atoms with van der Waals surface area (Å²) in [6, 6.07) is 0. The van der Waals surface area contributed by atoms with Crippen molar-refractivity contribution in [3.05, 3.63) is 28.2 Å². The van der Waals surface area contributed by atoms with Crippen LogP contribution in [0, 0.1) is 23.7 Å². The highest BCUT2D eigenvalue weighted by Crippen LogP contribution is 2.46. The Bertz CT molecular complexity index is 827. The second kappa shape index (κ2) is 7.11. The van der Waals surface area contributed by atoms with Crippen LogP contribution in [0.3, 0.4) is 0 Å². The van der Waals surface area contributed by atoms with Crippen molar-refractivity contribution in [2.45, 2.75) is 38.5 Å². The lowest BCUT2D eigenvalue weighted by Gasteiger charge is -2.41. The standard InChI is InChI=1S/C20H23NO5S/c1-26-20(25)16-12-4-2-3-5-13(12)27-18(16)21-17(22)14-10-6-8-11(9-7-10)15(14)19(23)24/h6,8,10-11,14-15H,2-5,7,9H2,1H3,(H,21,22)(H,23,24)/t10-,11-,14-,15-/m0/s1. The van der Waals surface area contributed by atoms with Crippen molar-refractivity contribution in [2.24, 2.45) is 23.7 Å². The number of carbonyl (C=O) groups excluding carboxylic acids is 2. The number of fused-ring (bicyclic) bond motifs is 3. The van der Waals surface area contributed by atoms with Crippen LogP contribution < -0.4 is 5.32 Å². The highest BCUT2D eigenvalue weighted by Gasteiger charge is 2.48. The molecular formula is C20H23NO5S. The first-order valence-electron chi connectivity index (χ1n) is 9.46. The number of ether oxygens (including phenoxy) is 1. The molecule has 4 aliphatic rings. The molecule has 27 heavy (non-hydrogen) atoms. The fourth-order valence-electron chi connectivity index (χ4n) is 4.86. The summed E-state index contributed by atoms with van der Waals surface area (Å²) in [5, 5.41) is 13.1. The summed E-state index contributed by atoms with van der Waals surface area (Å²) >= 11 is 1.43. The van der Waals surface area contributed by atoms with Gasteiger partial charge in [-0.25, -0.2) is 4.79 Å². The molecule has 7 heteroatoms. The fraction of sp³-hybridized carbons (Fsp3) is 0.550. The summed E-state index contributed by atoms with van der Waals surface area (Å²) in [6.45, 7) is 0. The third-order valence-electron chi connectivity index (χ3n) is 6.13. The van der Waals surface area contributed by atoms with Crippen LogP contribution in [-0.2, 0) is 27.2 Å². The van der Waals surface area contributed by atoms with Gasteiger partial charge in [0, 0.05) is 4.88 Å². The van der Waals surface area contributed by atoms with E-state index in [-0.39, 0.29) is 17.7 Å². The lowest BCUT2D eigenvalue weighted by atomic mass is 9.62. The Kier molecular flexibility index (Phi) is 4.80. The highest BCUT2D eigenvalue weighted by molar-refractivity contribution is 7.17. The van der Waals surface area contributed by atoms with Gasteiger partial charge in [0.1, 0.15) is 5.00 Å². The number of thiophene rings is 1. The molecule has 0 radical (unpaired) electrons. The quantitative estimate of drug-likeness (QED) is 0.609. The maximum absolute atomic E-state index is 13.1. The third-order valence-corrected chi connectivity index (χ3v) is 7.34. The van der Waals surface area contributed by atoms with E-state index >= 15 is 0 Å². The van der Waals surface area contributed by atoms with E-state index < -0.39 is 23.8 Å². The Labute approximate surface area is 161 Å². The summed E-state index contributed by atoms with van der Waals surface area (Å²) in [4.78, 5) is 38.4. The molecule has 6 nitrogen and oxygen atoms in total. The maximum atomic E-state index is 13.1. The van der Waals surface area contributed by atoms with Gasteiger partial charge in [0.15, 0.2) is 0 Å². The van der Waals surface area contributed by atoms with Gasteiger partial charge in [-0.3, -0.25) is 9.59 Å². The fourth-order valence-corrected chi connectivity index (χ4v) is 6.14. The van der Waals surface area contributed by atoms with Gasteiger partial charge in [0.25, 0.3) is 0 Å². The molecule has 0 unspecified atom stereocenters. The summed E-state index contributed by atoms with van der Waals surface area (Å²) in [5.41, 5.74) is 1.43. The lowest BCUT2D eigenvalue weighted by Crippen LogP contribution is -2.47. The van der Waals surface area contributed by atoms with Gasteiger partial charge >= 0.3 is 11.9 Å². The monoisotopic (exact) mass is 389 g/mol. The van der Waals surface area contributed by atoms with Crippen molar-refractivity contribution in [3.8, 4) is 0 Å². The number of methoxy groups -OCH3 is 1. The molecular weight excluding hydrogens is 366 g/mol. The molecule has 1 heterocycles. The second-order valence-electron chi connectivity index (χ2n) is 7.58. The minimum atomic E-state index is -0.923. The molecule has 0 spiro atoms. The summed E-state index contributed by atoms with van der Waals surface area (Å²) < 4.78 is 4.95. The number of amides is 1. The number of carboxylic acid groups (broad SMARTS) is 1. The Balaban J connectivity index is 1.65. The Hall–Kier alpha value is -2.15. The summed E-state index contributed by atoms with van der Waals surface area (Å²) in [5.74, 6) is -3.13. The molecule has 144 valence electrons. The van der Waals surface area contributed by atoms with Crippen LogP contribution in [0.1, 0.15) is 46.5 Å². The number of aliphatic carboxylic acids is 1. The van der Waals surface area contributed by atoms with Gasteiger partial charge in [0.2, 0.25) is 5.91 Å². The molecule has 2 N–H and O–H groups in total. The molecule has 1 aromatic rings. The molecule has 1 fully saturated rings. The van der Waals surface area contributed by atoms with Crippen molar-refractivity contribution < 1.29 is 24.2 Å². The number of aryl methyl sites for hydroxylation is 1. The summed E-state index contributed by atoms with van der Waals surface area (Å²) in [6.07, 6.45) is 9.35. The molecule has 1 saturated carbocycles. The van der Waals surface area contributed by atoms with Crippen molar-refractivity contribution in [3.63, 3.8) is 0 Å². The zero-order valence-corrected chi connectivity index (χ0v) is 16.0. The van der Waals surface area contributed by atoms with E-state index in [0.29, 0.717) is 10.6 Å². The van der Waals surface area contributed by atoms with E-state index in [1.54, 1.807) is 0 Å². The molecule has 0 saturated heterocycles. The van der Waals surface area contributed by atoms with Gasteiger partial charge in [-0.05, 0) is 55.9 Å². The number of hydrogen-bond acceptors (Lipinski definition) is 5. The zero-order valence-electron chi connectivity index (χ0n) is 15.2. The van der Waals surface area contributed by atoms with Crippen LogP contribution in [0.25, 0.3) is 0 Å². The first-order chi connectivity index (χ1) is 13.0. The molecule has 5 rings (SSSR count). The van der Waals surface area contributed by atoms with E-state index in [1.165, 1.54) is 18.4 Å². The molecule has 0 aliphatic heterocycles. The van der Waals surface area contributed by atoms with E-state index in [0.717, 1.165) is 49.0 Å². The van der Waals surface area contributed by atoms with Crippen LogP contribution in [0.15, 0.2) is 12.2 Å². The highest BCUT2D eigenvalue weighted by atomic mass is 32.1. The molecule has 2 bridgehead atoms. The van der Waals surface area contributed by atoms with Crippen molar-refractivity contribution >= 4 is 34.2 Å². The molecule has 4 aliphatic carbocycles. The average molecular weight is 389 g/mol. The van der Waals surface area contributed by atoms with Crippen LogP contribution in [0.2, 0.25) is 0 Å². The largest absolute Gasteiger partial charge is 0.481 e. The third kappa shape index (κ3) is 3.08. The van der Waals surface area contributed by atoms with Gasteiger partial charge in [-0.2, -0.15) is 0 Å². The molecule has 1 amide bonds. The van der Waals surface area contributed by atoms with Crippen molar-refractivity contribution in [2.75, 3.05) is 12.4 Å². The predicted octanol–water partition coefficient (Wildman–Crippen LogP) is 3.27. The van der Waals surface area contributed by atoms with Crippen LogP contribution in [-0.4, -0.2) is 30.1 Å². The minimum absolute atomic E-state index is 0.0627. The minimum Gasteiger partial charge on any atom is -0.481 e. The first kappa shape index (κ1) is 18.2.